The number of carbonyl (C=O) groups is 1. The largest absolute Gasteiger partial charge is 0.480 e. The highest BCUT2D eigenvalue weighted by Crippen LogP contribution is 2.21. The Bertz CT molecular complexity index is 317. The number of aromatic nitrogens is 1. The Kier molecular flexibility index (Phi) is 3.25. The first-order valence-electron chi connectivity index (χ1n) is 3.64. The summed E-state index contributed by atoms with van der Waals surface area (Å²) >= 11 is 3.29. The van der Waals surface area contributed by atoms with E-state index in [0.717, 1.165) is 4.47 Å². The molecule has 5 heteroatoms. The van der Waals surface area contributed by atoms with Crippen LogP contribution in [0.3, 0.4) is 0 Å². The summed E-state index contributed by atoms with van der Waals surface area (Å²) in [7, 11) is 1.68. The molecule has 0 spiro atoms. The molecule has 0 fully saturated rings. The number of anilines is 1. The second-order valence-corrected chi connectivity index (χ2v) is 3.41. The van der Waals surface area contributed by atoms with E-state index in [1.54, 1.807) is 24.2 Å². The highest BCUT2D eigenvalue weighted by molar-refractivity contribution is 9.10. The lowest BCUT2D eigenvalue weighted by molar-refractivity contribution is -0.135. The van der Waals surface area contributed by atoms with Gasteiger partial charge in [0.15, 0.2) is 0 Å². The number of carboxylic acid groups (broad SMARTS) is 1. The molecule has 0 radical (unpaired) electrons. The molecule has 13 heavy (non-hydrogen) atoms. The van der Waals surface area contributed by atoms with Crippen molar-refractivity contribution >= 4 is 27.7 Å². The Morgan fingerprint density at radius 1 is 1.77 bits per heavy atom. The maximum atomic E-state index is 10.4. The number of likely N-dealkylation sites (N-methyl/N-ethyl adjacent to an activating group) is 1. The SMILES string of the molecule is CN(CC(=O)O)c1ncccc1Br. The number of nitrogens with zero attached hydrogens (tertiary/aromatic N) is 2. The average Bonchev–Trinajstić information content (AvgIpc) is 2.03. The van der Waals surface area contributed by atoms with Gasteiger partial charge in [0, 0.05) is 13.2 Å². The van der Waals surface area contributed by atoms with Crippen molar-refractivity contribution in [3.63, 3.8) is 0 Å². The number of pyridine rings is 1. The predicted octanol–water partition coefficient (Wildman–Crippen LogP) is 1.36. The summed E-state index contributed by atoms with van der Waals surface area (Å²) in [6.07, 6.45) is 1.62. The summed E-state index contributed by atoms with van der Waals surface area (Å²) in [6, 6.07) is 3.60. The van der Waals surface area contributed by atoms with Gasteiger partial charge in [0.2, 0.25) is 0 Å². The van der Waals surface area contributed by atoms with Crippen LogP contribution in [0.1, 0.15) is 0 Å². The van der Waals surface area contributed by atoms with Gasteiger partial charge in [-0.3, -0.25) is 4.79 Å². The first-order valence-corrected chi connectivity index (χ1v) is 4.44. The van der Waals surface area contributed by atoms with E-state index in [9.17, 15) is 4.79 Å². The van der Waals surface area contributed by atoms with Crippen molar-refractivity contribution < 1.29 is 9.90 Å². The fraction of sp³-hybridized carbons (Fsp3) is 0.250. The van der Waals surface area contributed by atoms with Gasteiger partial charge in [-0.15, -0.1) is 0 Å². The molecule has 4 nitrogen and oxygen atoms in total. The van der Waals surface area contributed by atoms with E-state index in [4.69, 9.17) is 5.11 Å². The van der Waals surface area contributed by atoms with Gasteiger partial charge in [0.1, 0.15) is 12.4 Å². The average molecular weight is 245 g/mol. The number of hydrogen-bond donors (Lipinski definition) is 1. The first-order chi connectivity index (χ1) is 6.11. The molecule has 0 saturated carbocycles. The lowest BCUT2D eigenvalue weighted by Gasteiger charge is -2.16. The molecule has 1 aromatic heterocycles. The van der Waals surface area contributed by atoms with Crippen LogP contribution in [0.2, 0.25) is 0 Å². The van der Waals surface area contributed by atoms with Crippen LogP contribution in [-0.2, 0) is 4.79 Å². The fourth-order valence-corrected chi connectivity index (χ4v) is 1.49. The highest BCUT2D eigenvalue weighted by Gasteiger charge is 2.09. The molecule has 0 aliphatic heterocycles. The van der Waals surface area contributed by atoms with Crippen LogP contribution < -0.4 is 4.90 Å². The molecule has 0 aromatic carbocycles. The van der Waals surface area contributed by atoms with E-state index in [1.807, 2.05) is 6.07 Å². The van der Waals surface area contributed by atoms with Gasteiger partial charge in [-0.25, -0.2) is 4.98 Å². The molecule has 1 aromatic rings. The molecule has 0 aliphatic carbocycles. The number of rotatable bonds is 3. The zero-order valence-corrected chi connectivity index (χ0v) is 8.65. The smallest absolute Gasteiger partial charge is 0.323 e. The minimum absolute atomic E-state index is 0.0599. The van der Waals surface area contributed by atoms with Gasteiger partial charge in [0.05, 0.1) is 4.47 Å². The van der Waals surface area contributed by atoms with Crippen LogP contribution in [0.5, 0.6) is 0 Å². The van der Waals surface area contributed by atoms with Crippen molar-refractivity contribution in [1.82, 2.24) is 4.98 Å². The van der Waals surface area contributed by atoms with E-state index >= 15 is 0 Å². The number of halogens is 1. The van der Waals surface area contributed by atoms with Crippen molar-refractivity contribution in [2.24, 2.45) is 0 Å². The molecule has 1 rings (SSSR count). The van der Waals surface area contributed by atoms with Gasteiger partial charge < -0.3 is 10.0 Å². The number of hydrogen-bond acceptors (Lipinski definition) is 3. The molecule has 1 N–H and O–H groups in total. The monoisotopic (exact) mass is 244 g/mol. The Morgan fingerprint density at radius 2 is 2.46 bits per heavy atom. The fourth-order valence-electron chi connectivity index (χ4n) is 0.936. The van der Waals surface area contributed by atoms with Gasteiger partial charge in [0.25, 0.3) is 0 Å². The molecule has 1 heterocycles. The Hall–Kier alpha value is -1.10. The first kappa shape index (κ1) is 9.98. The predicted molar refractivity (Wildman–Crippen MR) is 52.8 cm³/mol. The zero-order chi connectivity index (χ0) is 9.84. The second kappa shape index (κ2) is 4.23. The Morgan fingerprint density at radius 3 is 3.00 bits per heavy atom. The summed E-state index contributed by atoms with van der Waals surface area (Å²) in [6.45, 7) is -0.0599. The molecular weight excluding hydrogens is 236 g/mol. The maximum absolute atomic E-state index is 10.4. The van der Waals surface area contributed by atoms with Crippen LogP contribution in [0, 0.1) is 0 Å². The lowest BCUT2D eigenvalue weighted by atomic mass is 10.4. The third kappa shape index (κ3) is 2.69. The van der Waals surface area contributed by atoms with Crippen molar-refractivity contribution in [3.05, 3.63) is 22.8 Å². The molecule has 0 amide bonds. The van der Waals surface area contributed by atoms with Crippen LogP contribution in [0.25, 0.3) is 0 Å². The summed E-state index contributed by atoms with van der Waals surface area (Å²) in [5.74, 6) is -0.245. The zero-order valence-electron chi connectivity index (χ0n) is 7.07. The van der Waals surface area contributed by atoms with Crippen molar-refractivity contribution in [3.8, 4) is 0 Å². The lowest BCUT2D eigenvalue weighted by Crippen LogP contribution is -2.26. The van der Waals surface area contributed by atoms with E-state index < -0.39 is 5.97 Å². The third-order valence-electron chi connectivity index (χ3n) is 1.47. The van der Waals surface area contributed by atoms with Crippen molar-refractivity contribution in [1.29, 1.82) is 0 Å². The van der Waals surface area contributed by atoms with Gasteiger partial charge >= 0.3 is 5.97 Å². The van der Waals surface area contributed by atoms with E-state index in [2.05, 4.69) is 20.9 Å². The third-order valence-corrected chi connectivity index (χ3v) is 2.09. The summed E-state index contributed by atoms with van der Waals surface area (Å²) < 4.78 is 0.791. The van der Waals surface area contributed by atoms with Gasteiger partial charge in [-0.1, -0.05) is 0 Å². The van der Waals surface area contributed by atoms with Crippen molar-refractivity contribution in [2.45, 2.75) is 0 Å². The molecule has 0 bridgehead atoms. The van der Waals surface area contributed by atoms with Crippen molar-refractivity contribution in [2.75, 3.05) is 18.5 Å². The maximum Gasteiger partial charge on any atom is 0.323 e. The van der Waals surface area contributed by atoms with Crippen LogP contribution in [-0.4, -0.2) is 29.7 Å². The van der Waals surface area contributed by atoms with Crippen LogP contribution in [0.15, 0.2) is 22.8 Å². The summed E-state index contributed by atoms with van der Waals surface area (Å²) in [5.41, 5.74) is 0. The van der Waals surface area contributed by atoms with E-state index in [-0.39, 0.29) is 6.54 Å². The molecule has 70 valence electrons. The molecule has 0 unspecified atom stereocenters. The standard InChI is InChI=1S/C8H9BrN2O2/c1-11(5-7(12)13)8-6(9)3-2-4-10-8/h2-4H,5H2,1H3,(H,12,13). The number of aliphatic carboxylic acids is 1. The molecule has 0 saturated heterocycles. The Balaban J connectivity index is 2.82. The van der Waals surface area contributed by atoms with Crippen LogP contribution >= 0.6 is 15.9 Å². The van der Waals surface area contributed by atoms with E-state index in [0.29, 0.717) is 5.82 Å². The Labute approximate surface area is 84.3 Å². The quantitative estimate of drug-likeness (QED) is 0.873. The topological polar surface area (TPSA) is 53.4 Å². The minimum atomic E-state index is -0.875. The molecular formula is C8H9BrN2O2. The normalized spacial score (nSPS) is 9.69. The summed E-state index contributed by atoms with van der Waals surface area (Å²) in [5, 5.41) is 8.55. The van der Waals surface area contributed by atoms with Gasteiger partial charge in [-0.05, 0) is 28.1 Å². The number of carboxylic acids is 1. The molecule has 0 aliphatic rings. The van der Waals surface area contributed by atoms with Gasteiger partial charge in [-0.2, -0.15) is 0 Å². The summed E-state index contributed by atoms with van der Waals surface area (Å²) in [4.78, 5) is 16.0. The minimum Gasteiger partial charge on any atom is -0.480 e. The van der Waals surface area contributed by atoms with Crippen LogP contribution in [0.4, 0.5) is 5.82 Å². The van der Waals surface area contributed by atoms with E-state index in [1.165, 1.54) is 0 Å². The highest BCUT2D eigenvalue weighted by atomic mass is 79.9. The molecule has 0 atom stereocenters. The second-order valence-electron chi connectivity index (χ2n) is 2.56.